The van der Waals surface area contributed by atoms with Gasteiger partial charge in [-0.3, -0.25) is 4.90 Å². The van der Waals surface area contributed by atoms with Crippen LogP contribution in [0.1, 0.15) is 24.9 Å². The van der Waals surface area contributed by atoms with Crippen molar-refractivity contribution in [2.75, 3.05) is 40.3 Å². The second-order valence-corrected chi connectivity index (χ2v) is 6.47. The van der Waals surface area contributed by atoms with Crippen LogP contribution in [0.15, 0.2) is 22.7 Å². The van der Waals surface area contributed by atoms with Gasteiger partial charge in [-0.05, 0) is 67.2 Å². The van der Waals surface area contributed by atoms with Crippen molar-refractivity contribution in [3.8, 4) is 0 Å². The number of hydrogen-bond donors (Lipinski definition) is 1. The Labute approximate surface area is 136 Å². The summed E-state index contributed by atoms with van der Waals surface area (Å²) in [6, 6.07) is 6.33. The lowest BCUT2D eigenvalue weighted by Crippen LogP contribution is -2.35. The molecule has 0 heterocycles. The standard InChI is InChI=1S/C15H25BrClN3/c1-4-20(9-5-8-19(2)3)15(11-18)12-6-7-13(16)14(17)10-12/h6-7,10,15H,4-5,8-9,11,18H2,1-3H3. The molecule has 20 heavy (non-hydrogen) atoms. The van der Waals surface area contributed by atoms with Gasteiger partial charge >= 0.3 is 0 Å². The maximum atomic E-state index is 6.20. The fourth-order valence-electron chi connectivity index (χ4n) is 2.34. The summed E-state index contributed by atoms with van der Waals surface area (Å²) in [7, 11) is 4.20. The van der Waals surface area contributed by atoms with Crippen molar-refractivity contribution < 1.29 is 0 Å². The first-order valence-electron chi connectivity index (χ1n) is 7.03. The average molecular weight is 363 g/mol. The molecule has 1 rings (SSSR count). The Morgan fingerprint density at radius 2 is 2.00 bits per heavy atom. The second kappa shape index (κ2) is 9.00. The van der Waals surface area contributed by atoms with E-state index >= 15 is 0 Å². The van der Waals surface area contributed by atoms with E-state index < -0.39 is 0 Å². The van der Waals surface area contributed by atoms with E-state index in [4.69, 9.17) is 17.3 Å². The lowest BCUT2D eigenvalue weighted by Gasteiger charge is -2.30. The van der Waals surface area contributed by atoms with E-state index in [9.17, 15) is 0 Å². The Balaban J connectivity index is 2.77. The molecule has 1 aromatic carbocycles. The van der Waals surface area contributed by atoms with Gasteiger partial charge in [-0.25, -0.2) is 0 Å². The minimum absolute atomic E-state index is 0.229. The molecular formula is C15H25BrClN3. The molecule has 0 fully saturated rings. The molecule has 0 aliphatic carbocycles. The van der Waals surface area contributed by atoms with Crippen molar-refractivity contribution in [2.45, 2.75) is 19.4 Å². The van der Waals surface area contributed by atoms with Gasteiger partial charge in [0.2, 0.25) is 0 Å². The van der Waals surface area contributed by atoms with Crippen molar-refractivity contribution in [1.82, 2.24) is 9.80 Å². The highest BCUT2D eigenvalue weighted by Gasteiger charge is 2.18. The number of rotatable bonds is 8. The van der Waals surface area contributed by atoms with E-state index in [1.54, 1.807) is 0 Å². The number of nitrogens with two attached hydrogens (primary N) is 1. The Morgan fingerprint density at radius 1 is 1.30 bits per heavy atom. The summed E-state index contributed by atoms with van der Waals surface area (Å²) in [5, 5.41) is 0.741. The van der Waals surface area contributed by atoms with E-state index in [2.05, 4.69) is 52.8 Å². The molecular weight excluding hydrogens is 338 g/mol. The normalized spacial score (nSPS) is 13.2. The minimum atomic E-state index is 0.229. The Bertz CT molecular complexity index is 412. The number of likely N-dealkylation sites (N-methyl/N-ethyl adjacent to an activating group) is 1. The van der Waals surface area contributed by atoms with Crippen LogP contribution in [-0.2, 0) is 0 Å². The van der Waals surface area contributed by atoms with Crippen LogP contribution < -0.4 is 5.73 Å². The van der Waals surface area contributed by atoms with Crippen molar-refractivity contribution in [3.63, 3.8) is 0 Å². The van der Waals surface area contributed by atoms with Gasteiger partial charge in [0.15, 0.2) is 0 Å². The lowest BCUT2D eigenvalue weighted by molar-refractivity contribution is 0.201. The second-order valence-electron chi connectivity index (χ2n) is 5.21. The average Bonchev–Trinajstić information content (AvgIpc) is 2.41. The SMILES string of the molecule is CCN(CCCN(C)C)C(CN)c1ccc(Br)c(Cl)c1. The van der Waals surface area contributed by atoms with Gasteiger partial charge in [0.25, 0.3) is 0 Å². The van der Waals surface area contributed by atoms with Crippen LogP contribution in [0, 0.1) is 0 Å². The molecule has 0 radical (unpaired) electrons. The highest BCUT2D eigenvalue weighted by Crippen LogP contribution is 2.28. The third-order valence-electron chi connectivity index (χ3n) is 3.45. The zero-order chi connectivity index (χ0) is 15.1. The molecule has 0 aliphatic rings. The van der Waals surface area contributed by atoms with Crippen LogP contribution in [0.3, 0.4) is 0 Å². The molecule has 1 unspecified atom stereocenters. The lowest BCUT2D eigenvalue weighted by atomic mass is 10.0. The van der Waals surface area contributed by atoms with Gasteiger partial charge in [0, 0.05) is 23.6 Å². The van der Waals surface area contributed by atoms with Crippen molar-refractivity contribution in [1.29, 1.82) is 0 Å². The zero-order valence-electron chi connectivity index (χ0n) is 12.6. The smallest absolute Gasteiger partial charge is 0.0551 e. The summed E-state index contributed by atoms with van der Waals surface area (Å²) in [6.07, 6.45) is 1.14. The van der Waals surface area contributed by atoms with Gasteiger partial charge in [-0.1, -0.05) is 24.6 Å². The third-order valence-corrected chi connectivity index (χ3v) is 4.68. The molecule has 0 amide bonds. The summed E-state index contributed by atoms with van der Waals surface area (Å²) >= 11 is 9.63. The maximum absolute atomic E-state index is 6.20. The van der Waals surface area contributed by atoms with Crippen molar-refractivity contribution in [2.24, 2.45) is 5.73 Å². The minimum Gasteiger partial charge on any atom is -0.329 e. The van der Waals surface area contributed by atoms with Crippen molar-refractivity contribution in [3.05, 3.63) is 33.3 Å². The highest BCUT2D eigenvalue weighted by molar-refractivity contribution is 9.10. The topological polar surface area (TPSA) is 32.5 Å². The summed E-state index contributed by atoms with van der Waals surface area (Å²) in [6.45, 7) is 5.91. The quantitative estimate of drug-likeness (QED) is 0.769. The summed E-state index contributed by atoms with van der Waals surface area (Å²) < 4.78 is 0.925. The summed E-state index contributed by atoms with van der Waals surface area (Å²) in [5.41, 5.74) is 7.18. The van der Waals surface area contributed by atoms with E-state index in [0.29, 0.717) is 6.54 Å². The van der Waals surface area contributed by atoms with Crippen molar-refractivity contribution >= 4 is 27.5 Å². The molecule has 0 aromatic heterocycles. The Kier molecular flexibility index (Phi) is 8.07. The molecule has 3 nitrogen and oxygen atoms in total. The van der Waals surface area contributed by atoms with E-state index in [-0.39, 0.29) is 6.04 Å². The molecule has 0 bridgehead atoms. The van der Waals surface area contributed by atoms with Crippen LogP contribution in [0.25, 0.3) is 0 Å². The predicted octanol–water partition coefficient (Wildman–Crippen LogP) is 3.38. The van der Waals surface area contributed by atoms with Crippen LogP contribution in [-0.4, -0.2) is 50.1 Å². The maximum Gasteiger partial charge on any atom is 0.0551 e. The molecule has 1 atom stereocenters. The van der Waals surface area contributed by atoms with Crippen LogP contribution in [0.5, 0.6) is 0 Å². The fourth-order valence-corrected chi connectivity index (χ4v) is 2.78. The van der Waals surface area contributed by atoms with E-state index in [1.165, 1.54) is 5.56 Å². The van der Waals surface area contributed by atoms with Gasteiger partial charge in [-0.2, -0.15) is 0 Å². The third kappa shape index (κ3) is 5.34. The molecule has 1 aromatic rings. The Hall–Kier alpha value is -0.130. The highest BCUT2D eigenvalue weighted by atomic mass is 79.9. The van der Waals surface area contributed by atoms with Crippen LogP contribution in [0.4, 0.5) is 0 Å². The molecule has 0 aliphatic heterocycles. The molecule has 2 N–H and O–H groups in total. The van der Waals surface area contributed by atoms with Crippen LogP contribution in [0.2, 0.25) is 5.02 Å². The van der Waals surface area contributed by atoms with Gasteiger partial charge in [0.1, 0.15) is 0 Å². The summed E-state index contributed by atoms with van der Waals surface area (Å²) in [5.74, 6) is 0. The number of hydrogen-bond acceptors (Lipinski definition) is 3. The number of halogens is 2. The van der Waals surface area contributed by atoms with E-state index in [1.807, 2.05) is 12.1 Å². The molecule has 0 saturated carbocycles. The largest absolute Gasteiger partial charge is 0.329 e. The summed E-state index contributed by atoms with van der Waals surface area (Å²) in [4.78, 5) is 4.63. The first kappa shape index (κ1) is 17.9. The molecule has 0 saturated heterocycles. The Morgan fingerprint density at radius 3 is 2.50 bits per heavy atom. The molecule has 0 spiro atoms. The number of nitrogens with zero attached hydrogens (tertiary/aromatic N) is 2. The first-order chi connectivity index (χ1) is 9.49. The van der Waals surface area contributed by atoms with E-state index in [0.717, 1.165) is 35.6 Å². The van der Waals surface area contributed by atoms with Gasteiger partial charge in [-0.15, -0.1) is 0 Å². The van der Waals surface area contributed by atoms with Gasteiger partial charge in [0.05, 0.1) is 5.02 Å². The van der Waals surface area contributed by atoms with Crippen LogP contribution >= 0.6 is 27.5 Å². The molecule has 5 heteroatoms. The predicted molar refractivity (Wildman–Crippen MR) is 91.4 cm³/mol. The monoisotopic (exact) mass is 361 g/mol. The zero-order valence-corrected chi connectivity index (χ0v) is 14.9. The first-order valence-corrected chi connectivity index (χ1v) is 8.20. The molecule has 114 valence electrons. The fraction of sp³-hybridized carbons (Fsp3) is 0.600. The number of benzene rings is 1. The van der Waals surface area contributed by atoms with Gasteiger partial charge < -0.3 is 10.6 Å².